The number of amides is 2. The van der Waals surface area contributed by atoms with Gasteiger partial charge in [-0.2, -0.15) is 0 Å². The van der Waals surface area contributed by atoms with Crippen LogP contribution in [0.5, 0.6) is 5.75 Å². The number of para-hydroxylation sites is 1. The van der Waals surface area contributed by atoms with Crippen molar-refractivity contribution in [1.29, 1.82) is 0 Å². The fraction of sp³-hybridized carbons (Fsp3) is 0.471. The third kappa shape index (κ3) is 3.84. The summed E-state index contributed by atoms with van der Waals surface area (Å²) in [5.41, 5.74) is 0.366. The van der Waals surface area contributed by atoms with Crippen molar-refractivity contribution in [3.05, 3.63) is 29.8 Å². The lowest BCUT2D eigenvalue weighted by Gasteiger charge is -2.23. The zero-order valence-electron chi connectivity index (χ0n) is 13.8. The molecule has 1 aliphatic rings. The van der Waals surface area contributed by atoms with E-state index in [2.05, 4.69) is 5.32 Å². The van der Waals surface area contributed by atoms with Crippen LogP contribution in [0.3, 0.4) is 0 Å². The predicted octanol–water partition coefficient (Wildman–Crippen LogP) is 1.14. The lowest BCUT2D eigenvalue weighted by atomic mass is 10.0. The minimum Gasteiger partial charge on any atom is -0.493 e. The second-order valence-electron chi connectivity index (χ2n) is 5.67. The summed E-state index contributed by atoms with van der Waals surface area (Å²) < 4.78 is 5.40. The van der Waals surface area contributed by atoms with E-state index in [9.17, 15) is 14.4 Å². The van der Waals surface area contributed by atoms with Gasteiger partial charge in [-0.05, 0) is 32.4 Å². The van der Waals surface area contributed by atoms with Crippen LogP contribution in [0, 0.1) is 5.92 Å². The van der Waals surface area contributed by atoms with Crippen LogP contribution >= 0.6 is 0 Å². The largest absolute Gasteiger partial charge is 0.493 e. The molecule has 1 heterocycles. The molecule has 2 rings (SSSR count). The first-order valence-electron chi connectivity index (χ1n) is 7.98. The highest BCUT2D eigenvalue weighted by atomic mass is 16.5. The summed E-state index contributed by atoms with van der Waals surface area (Å²) >= 11 is 0. The fourth-order valence-corrected chi connectivity index (χ4v) is 2.91. The first-order valence-corrected chi connectivity index (χ1v) is 7.98. The van der Waals surface area contributed by atoms with Crippen LogP contribution in [-0.2, 0) is 9.59 Å². The van der Waals surface area contributed by atoms with Gasteiger partial charge in [0, 0.05) is 12.6 Å². The highest BCUT2D eigenvalue weighted by Gasteiger charge is 2.37. The Hall–Kier alpha value is -2.57. The molecule has 1 fully saturated rings. The van der Waals surface area contributed by atoms with Gasteiger partial charge in [0.1, 0.15) is 5.75 Å². The van der Waals surface area contributed by atoms with Gasteiger partial charge >= 0.3 is 5.97 Å². The Balaban J connectivity index is 1.95. The maximum Gasteiger partial charge on any atom is 0.308 e. The Bertz CT molecular complexity index is 631. The molecule has 7 heteroatoms. The van der Waals surface area contributed by atoms with Crippen molar-refractivity contribution in [2.45, 2.75) is 26.3 Å². The quantitative estimate of drug-likeness (QED) is 0.813. The summed E-state index contributed by atoms with van der Waals surface area (Å²) in [6.45, 7) is 4.20. The minimum absolute atomic E-state index is 0.171. The van der Waals surface area contributed by atoms with Crippen LogP contribution in [0.15, 0.2) is 24.3 Å². The van der Waals surface area contributed by atoms with Gasteiger partial charge in [0.15, 0.2) is 0 Å². The molecule has 2 atom stereocenters. The van der Waals surface area contributed by atoms with Crippen LogP contribution in [0.4, 0.5) is 0 Å². The molecule has 0 bridgehead atoms. The summed E-state index contributed by atoms with van der Waals surface area (Å²) in [5, 5.41) is 11.7. The maximum atomic E-state index is 12.3. The molecule has 0 aliphatic carbocycles. The van der Waals surface area contributed by atoms with Gasteiger partial charge in [0.25, 0.3) is 5.91 Å². The normalized spacial score (nSPS) is 19.8. The average Bonchev–Trinajstić information content (AvgIpc) is 2.95. The van der Waals surface area contributed by atoms with Gasteiger partial charge in [-0.15, -0.1) is 0 Å². The first-order chi connectivity index (χ1) is 11.5. The van der Waals surface area contributed by atoms with E-state index < -0.39 is 17.8 Å². The van der Waals surface area contributed by atoms with E-state index in [1.54, 1.807) is 31.2 Å². The molecule has 130 valence electrons. The smallest absolute Gasteiger partial charge is 0.308 e. The summed E-state index contributed by atoms with van der Waals surface area (Å²) in [7, 11) is 0. The number of nitrogens with zero attached hydrogens (tertiary/aromatic N) is 1. The van der Waals surface area contributed by atoms with Crippen LogP contribution in [0.2, 0.25) is 0 Å². The molecule has 1 aromatic carbocycles. The Morgan fingerprint density at radius 2 is 2.04 bits per heavy atom. The predicted molar refractivity (Wildman–Crippen MR) is 86.9 cm³/mol. The van der Waals surface area contributed by atoms with Crippen molar-refractivity contribution >= 4 is 17.8 Å². The molecule has 7 nitrogen and oxygen atoms in total. The average molecular weight is 334 g/mol. The highest BCUT2D eigenvalue weighted by Crippen LogP contribution is 2.24. The van der Waals surface area contributed by atoms with E-state index in [4.69, 9.17) is 9.84 Å². The molecule has 2 N–H and O–H groups in total. The van der Waals surface area contributed by atoms with Crippen molar-refractivity contribution in [2.24, 2.45) is 5.92 Å². The zero-order valence-corrected chi connectivity index (χ0v) is 13.8. The fourth-order valence-electron chi connectivity index (χ4n) is 2.91. The maximum absolute atomic E-state index is 12.3. The molecule has 2 amide bonds. The molecule has 0 aromatic heterocycles. The number of benzene rings is 1. The number of carboxylic acids is 1. The van der Waals surface area contributed by atoms with E-state index >= 15 is 0 Å². The third-order valence-corrected chi connectivity index (χ3v) is 4.22. The van der Waals surface area contributed by atoms with E-state index in [0.29, 0.717) is 30.9 Å². The number of ether oxygens (including phenoxy) is 1. The molecular weight excluding hydrogens is 312 g/mol. The Morgan fingerprint density at radius 3 is 2.67 bits per heavy atom. The topological polar surface area (TPSA) is 95.9 Å². The van der Waals surface area contributed by atoms with Crippen molar-refractivity contribution in [3.8, 4) is 5.75 Å². The van der Waals surface area contributed by atoms with Gasteiger partial charge in [-0.25, -0.2) is 0 Å². The van der Waals surface area contributed by atoms with Gasteiger partial charge in [0.2, 0.25) is 5.91 Å². The second-order valence-corrected chi connectivity index (χ2v) is 5.67. The van der Waals surface area contributed by atoms with Crippen molar-refractivity contribution in [3.63, 3.8) is 0 Å². The SMILES string of the molecule is CCOc1ccccc1C(=O)NCC(=O)N1CCC(C(=O)O)C1C. The summed E-state index contributed by atoms with van der Waals surface area (Å²) in [5.74, 6) is -1.66. The number of hydrogen-bond donors (Lipinski definition) is 2. The number of hydrogen-bond acceptors (Lipinski definition) is 4. The van der Waals surface area contributed by atoms with E-state index in [0.717, 1.165) is 0 Å². The van der Waals surface area contributed by atoms with Gasteiger partial charge in [-0.1, -0.05) is 12.1 Å². The Labute approximate surface area is 140 Å². The monoisotopic (exact) mass is 334 g/mol. The Morgan fingerprint density at radius 1 is 1.33 bits per heavy atom. The highest BCUT2D eigenvalue weighted by molar-refractivity contribution is 5.98. The number of carbonyl (C=O) groups is 3. The summed E-state index contributed by atoms with van der Waals surface area (Å²) in [6.07, 6.45) is 0.434. The lowest BCUT2D eigenvalue weighted by molar-refractivity contribution is -0.143. The number of nitrogens with one attached hydrogen (secondary N) is 1. The summed E-state index contributed by atoms with van der Waals surface area (Å²) in [6, 6.07) is 6.44. The van der Waals surface area contributed by atoms with Crippen molar-refractivity contribution < 1.29 is 24.2 Å². The van der Waals surface area contributed by atoms with Gasteiger partial charge in [-0.3, -0.25) is 14.4 Å². The number of likely N-dealkylation sites (tertiary alicyclic amines) is 1. The zero-order chi connectivity index (χ0) is 17.7. The first kappa shape index (κ1) is 17.8. The van der Waals surface area contributed by atoms with Gasteiger partial charge < -0.3 is 20.1 Å². The van der Waals surface area contributed by atoms with Crippen molar-refractivity contribution in [1.82, 2.24) is 10.2 Å². The molecule has 1 aromatic rings. The van der Waals surface area contributed by atoms with E-state index in [-0.39, 0.29) is 18.5 Å². The molecule has 1 aliphatic heterocycles. The molecule has 0 spiro atoms. The van der Waals surface area contributed by atoms with Gasteiger partial charge in [0.05, 0.1) is 24.6 Å². The lowest BCUT2D eigenvalue weighted by Crippen LogP contribution is -2.43. The minimum atomic E-state index is -0.896. The number of carboxylic acid groups (broad SMARTS) is 1. The van der Waals surface area contributed by atoms with Crippen molar-refractivity contribution in [2.75, 3.05) is 19.7 Å². The van der Waals surface area contributed by atoms with Crippen LogP contribution in [0.25, 0.3) is 0 Å². The van der Waals surface area contributed by atoms with Crippen LogP contribution < -0.4 is 10.1 Å². The number of aliphatic carboxylic acids is 1. The molecule has 24 heavy (non-hydrogen) atoms. The Kier molecular flexibility index (Phi) is 5.78. The molecule has 0 radical (unpaired) electrons. The van der Waals surface area contributed by atoms with E-state index in [1.807, 2.05) is 6.92 Å². The standard InChI is InChI=1S/C17H22N2O5/c1-3-24-14-7-5-4-6-13(14)16(21)18-10-15(20)19-9-8-12(11(19)2)17(22)23/h4-7,11-12H,3,8-10H2,1-2H3,(H,18,21)(H,22,23). The van der Waals surface area contributed by atoms with Crippen LogP contribution in [0.1, 0.15) is 30.6 Å². The molecule has 1 saturated heterocycles. The number of carbonyl (C=O) groups excluding carboxylic acids is 2. The molecule has 2 unspecified atom stereocenters. The van der Waals surface area contributed by atoms with E-state index in [1.165, 1.54) is 4.90 Å². The second kappa shape index (κ2) is 7.81. The third-order valence-electron chi connectivity index (χ3n) is 4.22. The summed E-state index contributed by atoms with van der Waals surface area (Å²) in [4.78, 5) is 37.1. The molecular formula is C17H22N2O5. The number of rotatable bonds is 6. The molecule has 0 saturated carbocycles. The van der Waals surface area contributed by atoms with Crippen LogP contribution in [-0.4, -0.2) is 53.5 Å².